The van der Waals surface area contributed by atoms with E-state index >= 15 is 0 Å². The first-order chi connectivity index (χ1) is 36.2. The third kappa shape index (κ3) is 13.0. The summed E-state index contributed by atoms with van der Waals surface area (Å²) in [5, 5.41) is 12.3. The van der Waals surface area contributed by atoms with E-state index in [0.29, 0.717) is 25.7 Å². The van der Waals surface area contributed by atoms with Gasteiger partial charge in [-0.2, -0.15) is 0 Å². The summed E-state index contributed by atoms with van der Waals surface area (Å²) in [6.07, 6.45) is -6.46. The van der Waals surface area contributed by atoms with Crippen LogP contribution in [0.1, 0.15) is 169 Å². The number of ether oxygens (including phenoxy) is 11. The van der Waals surface area contributed by atoms with Crippen LogP contribution in [-0.2, 0) is 90.5 Å². The van der Waals surface area contributed by atoms with E-state index < -0.39 is 139 Å². The predicted molar refractivity (Wildman–Crippen MR) is 276 cm³/mol. The highest BCUT2D eigenvalue weighted by molar-refractivity contribution is 5.80. The van der Waals surface area contributed by atoms with Gasteiger partial charge in [0.25, 0.3) is 0 Å². The third-order valence-electron chi connectivity index (χ3n) is 19.0. The summed E-state index contributed by atoms with van der Waals surface area (Å²) in [4.78, 5) is 103. The third-order valence-corrected chi connectivity index (χ3v) is 19.0. The van der Waals surface area contributed by atoms with Gasteiger partial charge in [0.15, 0.2) is 30.9 Å². The molecule has 2 aliphatic heterocycles. The molecule has 4 aliphatic carbocycles. The van der Waals surface area contributed by atoms with Crippen molar-refractivity contribution in [1.29, 1.82) is 0 Å². The topological polar surface area (TPSA) is 258 Å². The summed E-state index contributed by atoms with van der Waals surface area (Å²) >= 11 is 0. The molecule has 20 heteroatoms. The van der Waals surface area contributed by atoms with Gasteiger partial charge in [0, 0.05) is 54.4 Å². The average molecular weight is 1110 g/mol. The number of allylic oxidation sites excluding steroid dienone is 2. The Hall–Kier alpha value is -4.50. The van der Waals surface area contributed by atoms with Crippen LogP contribution in [0.2, 0.25) is 0 Å². The van der Waals surface area contributed by atoms with Crippen LogP contribution >= 0.6 is 0 Å². The second-order valence-electron chi connectivity index (χ2n) is 24.9. The molecule has 6 aliphatic rings. The van der Waals surface area contributed by atoms with Crippen molar-refractivity contribution in [3.05, 3.63) is 11.6 Å². The number of Topliss-reactive ketones (excluding diaryl/α,β-unsaturated/α-hetero) is 1. The lowest BCUT2D eigenvalue weighted by Gasteiger charge is -2.71. The molecule has 0 bridgehead atoms. The van der Waals surface area contributed by atoms with Crippen LogP contribution in [0.3, 0.4) is 0 Å². The number of rotatable bonds is 18. The predicted octanol–water partition coefficient (Wildman–Crippen LogP) is 6.99. The van der Waals surface area contributed by atoms with Crippen molar-refractivity contribution in [3.63, 3.8) is 0 Å². The van der Waals surface area contributed by atoms with Gasteiger partial charge in [-0.1, -0.05) is 46.3 Å². The standard InChI is InChI=1S/C58H88O20/c1-29(2)18-17-22-58(16,67)38-19-24-57(15)46(38)39(70-33(6)62)26-43-55(13)23-21-44(54(11,12)42(55)20-25-56(43,57)14)77-52-50(48(72-35(8)64)45(30(3)59)40(75-52)27-68-31(4)60)78-53-51(74-37(10)66)49(73-36(9)65)47(71-34(7)63)41(76-53)28-69-32(5)61/h18,38-53,67H,17,19-28H2,1-16H3/t38?,39-,40+,41+,42?,43?,44?,45+,46?,47+,48-,49-,50+,51+,52-,53?,55+,56-,57-,58-/m0/s1. The number of carbonyl (C=O) groups is 8. The van der Waals surface area contributed by atoms with Crippen LogP contribution in [0.4, 0.5) is 0 Å². The Labute approximate surface area is 459 Å². The Morgan fingerprint density at radius 1 is 0.564 bits per heavy atom. The zero-order valence-electron chi connectivity index (χ0n) is 48.8. The number of hydrogen-bond acceptors (Lipinski definition) is 20. The fourth-order valence-electron chi connectivity index (χ4n) is 15.8. The largest absolute Gasteiger partial charge is 0.463 e. The van der Waals surface area contributed by atoms with Crippen molar-refractivity contribution in [3.8, 4) is 0 Å². The van der Waals surface area contributed by atoms with E-state index in [1.165, 1.54) is 26.3 Å². The normalized spacial score (nSPS) is 39.4. The maximum atomic E-state index is 13.8. The zero-order chi connectivity index (χ0) is 58.2. The second kappa shape index (κ2) is 24.3. The highest BCUT2D eigenvalue weighted by Gasteiger charge is 2.72. The summed E-state index contributed by atoms with van der Waals surface area (Å²) < 4.78 is 67.3. The minimum atomic E-state index is -1.81. The van der Waals surface area contributed by atoms with Crippen molar-refractivity contribution in [2.24, 2.45) is 51.2 Å². The Morgan fingerprint density at radius 2 is 1.08 bits per heavy atom. The van der Waals surface area contributed by atoms with Crippen molar-refractivity contribution in [2.45, 2.75) is 242 Å². The van der Waals surface area contributed by atoms with E-state index in [0.717, 1.165) is 66.7 Å². The van der Waals surface area contributed by atoms with Gasteiger partial charge in [-0.15, -0.1) is 0 Å². The number of ketones is 1. The van der Waals surface area contributed by atoms with Gasteiger partial charge in [-0.25, -0.2) is 0 Å². The van der Waals surface area contributed by atoms with Crippen molar-refractivity contribution in [2.75, 3.05) is 13.2 Å². The SMILES string of the molecule is CC(=O)OC[C@H]1OC(O[C@H]2[C@H](OC3CC[C@]4(C)C(CC[C@@]5(C)C4C[C@H](OC(C)=O)C4C([C@@](C)(O)CCC=C(C)C)CC[C@@]45C)C3(C)C)O[C@H](COC(C)=O)[C@@H](C(C)=O)[C@@H]2OC(C)=O)[C@H](OC(C)=O)[C@@H](OC(C)=O)[C@@H]1OC(C)=O. The smallest absolute Gasteiger partial charge is 0.303 e. The van der Waals surface area contributed by atoms with E-state index in [2.05, 4.69) is 54.5 Å². The molecule has 0 spiro atoms. The molecule has 20 nitrogen and oxygen atoms in total. The Morgan fingerprint density at radius 3 is 1.63 bits per heavy atom. The van der Waals surface area contributed by atoms with Crippen LogP contribution in [0, 0.1) is 51.2 Å². The van der Waals surface area contributed by atoms with E-state index in [4.69, 9.17) is 52.1 Å². The van der Waals surface area contributed by atoms with Gasteiger partial charge >= 0.3 is 41.8 Å². The van der Waals surface area contributed by atoms with E-state index in [1.807, 2.05) is 6.92 Å². The summed E-state index contributed by atoms with van der Waals surface area (Å²) in [6.45, 7) is 25.9. The number of fused-ring (bicyclic) bond motifs is 5. The van der Waals surface area contributed by atoms with Crippen molar-refractivity contribution in [1.82, 2.24) is 0 Å². The molecule has 6 fully saturated rings. The lowest BCUT2D eigenvalue weighted by Crippen LogP contribution is -2.68. The van der Waals surface area contributed by atoms with Crippen LogP contribution in [0.25, 0.3) is 0 Å². The van der Waals surface area contributed by atoms with Crippen LogP contribution < -0.4 is 0 Å². The minimum Gasteiger partial charge on any atom is -0.463 e. The van der Waals surface area contributed by atoms with E-state index in [1.54, 1.807) is 0 Å². The second-order valence-corrected chi connectivity index (χ2v) is 24.9. The maximum Gasteiger partial charge on any atom is 0.303 e. The quantitative estimate of drug-likeness (QED) is 0.0628. The van der Waals surface area contributed by atoms with E-state index in [-0.39, 0.29) is 45.9 Å². The lowest BCUT2D eigenvalue weighted by molar-refractivity contribution is -0.373. The average Bonchev–Trinajstić information content (AvgIpc) is 3.47. The van der Waals surface area contributed by atoms with Gasteiger partial charge in [0.05, 0.1) is 17.6 Å². The molecule has 20 atom stereocenters. The molecule has 1 N–H and O–H groups in total. The summed E-state index contributed by atoms with van der Waals surface area (Å²) in [5.41, 5.74) is -1.23. The first-order valence-electron chi connectivity index (χ1n) is 27.8. The molecule has 4 saturated carbocycles. The molecule has 0 aromatic heterocycles. The molecule has 78 heavy (non-hydrogen) atoms. The van der Waals surface area contributed by atoms with Gasteiger partial charge < -0.3 is 57.2 Å². The van der Waals surface area contributed by atoms with Crippen LogP contribution in [-0.4, -0.2) is 139 Å². The van der Waals surface area contributed by atoms with Crippen LogP contribution in [0.15, 0.2) is 11.6 Å². The highest BCUT2D eigenvalue weighted by atomic mass is 16.8. The Balaban J connectivity index is 1.41. The molecular formula is C58H88O20. The molecule has 6 unspecified atom stereocenters. The number of carbonyl (C=O) groups excluding carboxylic acids is 8. The van der Waals surface area contributed by atoms with Gasteiger partial charge in [0.2, 0.25) is 0 Å². The molecule has 6 rings (SSSR count). The lowest BCUT2D eigenvalue weighted by atomic mass is 9.35. The fraction of sp³-hybridized carbons (Fsp3) is 0.828. The van der Waals surface area contributed by atoms with Crippen molar-refractivity contribution >= 4 is 47.6 Å². The summed E-state index contributed by atoms with van der Waals surface area (Å²) in [6, 6.07) is 0. The van der Waals surface area contributed by atoms with Crippen molar-refractivity contribution < 1.29 is 95.6 Å². The Kier molecular flexibility index (Phi) is 19.5. The summed E-state index contributed by atoms with van der Waals surface area (Å²) in [7, 11) is 0. The van der Waals surface area contributed by atoms with Crippen LogP contribution in [0.5, 0.6) is 0 Å². The molecule has 2 saturated heterocycles. The first-order valence-corrected chi connectivity index (χ1v) is 27.8. The maximum absolute atomic E-state index is 13.8. The van der Waals surface area contributed by atoms with Gasteiger partial charge in [0.1, 0.15) is 49.5 Å². The number of aliphatic hydroxyl groups is 1. The van der Waals surface area contributed by atoms with E-state index in [9.17, 15) is 43.5 Å². The molecule has 2 heterocycles. The Bertz CT molecular complexity index is 2290. The molecule has 0 amide bonds. The van der Waals surface area contributed by atoms with Gasteiger partial charge in [-0.05, 0) is 125 Å². The highest BCUT2D eigenvalue weighted by Crippen LogP contribution is 2.76. The molecule has 0 aromatic rings. The number of hydrogen-bond donors (Lipinski definition) is 1. The molecule has 0 radical (unpaired) electrons. The minimum absolute atomic E-state index is 0.0122. The molecule has 0 aromatic carbocycles. The van der Waals surface area contributed by atoms with Gasteiger partial charge in [-0.3, -0.25) is 38.4 Å². The first kappa shape index (κ1) is 62.7. The number of esters is 7. The summed E-state index contributed by atoms with van der Waals surface area (Å²) in [5.74, 6) is -7.14. The molecule has 440 valence electrons. The molecular weight excluding hydrogens is 1020 g/mol. The fourth-order valence-corrected chi connectivity index (χ4v) is 15.8. The monoisotopic (exact) mass is 1100 g/mol. The zero-order valence-corrected chi connectivity index (χ0v) is 48.8.